The van der Waals surface area contributed by atoms with Crippen LogP contribution in [-0.4, -0.2) is 13.2 Å². The van der Waals surface area contributed by atoms with Crippen molar-refractivity contribution in [1.82, 2.24) is 5.32 Å². The molecule has 0 heterocycles. The first-order valence-corrected chi connectivity index (χ1v) is 7.62. The number of benzene rings is 2. The van der Waals surface area contributed by atoms with E-state index in [-0.39, 0.29) is 0 Å². The highest BCUT2D eigenvalue weighted by Crippen LogP contribution is 2.34. The van der Waals surface area contributed by atoms with Crippen molar-refractivity contribution < 1.29 is 4.74 Å². The van der Waals surface area contributed by atoms with E-state index in [1.54, 1.807) is 7.11 Å². The summed E-state index contributed by atoms with van der Waals surface area (Å²) >= 11 is 12.4. The molecule has 0 aliphatic heterocycles. The number of halogens is 2. The van der Waals surface area contributed by atoms with Gasteiger partial charge in [0.2, 0.25) is 0 Å². The standard InChI is InChI=1S/C17H19Cl2NO/c1-11(2)20-10-13-8-12(4-6-16(13)19)15-9-14(18)5-7-17(15)21-3/h4-9,11,20H,10H2,1-3H3. The van der Waals surface area contributed by atoms with Crippen LogP contribution in [0.3, 0.4) is 0 Å². The predicted molar refractivity (Wildman–Crippen MR) is 90.4 cm³/mol. The molecule has 0 amide bonds. The van der Waals surface area contributed by atoms with Crippen LogP contribution in [0, 0.1) is 0 Å². The van der Waals surface area contributed by atoms with Gasteiger partial charge in [0, 0.05) is 28.2 Å². The van der Waals surface area contributed by atoms with Gasteiger partial charge < -0.3 is 10.1 Å². The van der Waals surface area contributed by atoms with E-state index in [4.69, 9.17) is 27.9 Å². The zero-order chi connectivity index (χ0) is 15.4. The van der Waals surface area contributed by atoms with Gasteiger partial charge in [0.1, 0.15) is 5.75 Å². The molecule has 0 aliphatic carbocycles. The number of rotatable bonds is 5. The van der Waals surface area contributed by atoms with E-state index in [9.17, 15) is 0 Å². The lowest BCUT2D eigenvalue weighted by Crippen LogP contribution is -2.21. The minimum atomic E-state index is 0.408. The number of hydrogen-bond acceptors (Lipinski definition) is 2. The van der Waals surface area contributed by atoms with Gasteiger partial charge in [0.25, 0.3) is 0 Å². The molecule has 2 nitrogen and oxygen atoms in total. The third-order valence-corrected chi connectivity index (χ3v) is 3.82. The quantitative estimate of drug-likeness (QED) is 0.819. The van der Waals surface area contributed by atoms with Crippen LogP contribution in [0.25, 0.3) is 11.1 Å². The van der Waals surface area contributed by atoms with Gasteiger partial charge in [-0.2, -0.15) is 0 Å². The Morgan fingerprint density at radius 1 is 1.10 bits per heavy atom. The highest BCUT2D eigenvalue weighted by Gasteiger charge is 2.09. The largest absolute Gasteiger partial charge is 0.496 e. The minimum absolute atomic E-state index is 0.408. The fraction of sp³-hybridized carbons (Fsp3) is 0.294. The Bertz CT molecular complexity index is 626. The van der Waals surface area contributed by atoms with Crippen LogP contribution >= 0.6 is 23.2 Å². The molecule has 2 rings (SSSR count). The molecule has 0 bridgehead atoms. The molecule has 0 radical (unpaired) electrons. The van der Waals surface area contributed by atoms with Crippen LogP contribution in [-0.2, 0) is 6.54 Å². The van der Waals surface area contributed by atoms with Crippen molar-refractivity contribution in [3.8, 4) is 16.9 Å². The number of nitrogens with one attached hydrogen (secondary N) is 1. The molecule has 0 unspecified atom stereocenters. The van der Waals surface area contributed by atoms with Gasteiger partial charge in [-0.15, -0.1) is 0 Å². The van der Waals surface area contributed by atoms with E-state index in [1.807, 2.05) is 30.3 Å². The van der Waals surface area contributed by atoms with Crippen molar-refractivity contribution in [3.05, 3.63) is 52.0 Å². The molecule has 0 spiro atoms. The zero-order valence-electron chi connectivity index (χ0n) is 12.4. The first-order chi connectivity index (χ1) is 10.0. The Balaban J connectivity index is 2.40. The zero-order valence-corrected chi connectivity index (χ0v) is 13.9. The van der Waals surface area contributed by atoms with Gasteiger partial charge in [-0.05, 0) is 41.5 Å². The van der Waals surface area contributed by atoms with E-state index < -0.39 is 0 Å². The number of hydrogen-bond donors (Lipinski definition) is 1. The molecule has 0 saturated carbocycles. The molecule has 0 aliphatic rings. The summed E-state index contributed by atoms with van der Waals surface area (Å²) in [6, 6.07) is 12.0. The Morgan fingerprint density at radius 2 is 1.86 bits per heavy atom. The summed E-state index contributed by atoms with van der Waals surface area (Å²) in [6.07, 6.45) is 0. The highest BCUT2D eigenvalue weighted by atomic mass is 35.5. The van der Waals surface area contributed by atoms with E-state index >= 15 is 0 Å². The second-order valence-corrected chi connectivity index (χ2v) is 6.03. The Hall–Kier alpha value is -1.22. The SMILES string of the molecule is COc1ccc(Cl)cc1-c1ccc(Cl)c(CNC(C)C)c1. The lowest BCUT2D eigenvalue weighted by Gasteiger charge is -2.13. The summed E-state index contributed by atoms with van der Waals surface area (Å²) in [6.45, 7) is 4.95. The smallest absolute Gasteiger partial charge is 0.126 e. The van der Waals surface area contributed by atoms with Crippen LogP contribution in [0.2, 0.25) is 10.0 Å². The Kier molecular flexibility index (Phi) is 5.51. The van der Waals surface area contributed by atoms with E-state index in [2.05, 4.69) is 25.2 Å². The summed E-state index contributed by atoms with van der Waals surface area (Å²) in [5.41, 5.74) is 3.07. The van der Waals surface area contributed by atoms with E-state index in [0.717, 1.165) is 34.0 Å². The number of ether oxygens (including phenoxy) is 1. The summed E-state index contributed by atoms with van der Waals surface area (Å²) in [4.78, 5) is 0. The van der Waals surface area contributed by atoms with E-state index in [0.29, 0.717) is 11.1 Å². The fourth-order valence-electron chi connectivity index (χ4n) is 2.10. The first kappa shape index (κ1) is 16.2. The lowest BCUT2D eigenvalue weighted by atomic mass is 10.0. The average molecular weight is 324 g/mol. The van der Waals surface area contributed by atoms with Crippen molar-refractivity contribution in [2.45, 2.75) is 26.4 Å². The highest BCUT2D eigenvalue weighted by molar-refractivity contribution is 6.31. The van der Waals surface area contributed by atoms with Crippen molar-refractivity contribution in [1.29, 1.82) is 0 Å². The van der Waals surface area contributed by atoms with Crippen LogP contribution in [0.4, 0.5) is 0 Å². The molecule has 4 heteroatoms. The minimum Gasteiger partial charge on any atom is -0.496 e. The molecule has 0 fully saturated rings. The average Bonchev–Trinajstić information content (AvgIpc) is 2.46. The van der Waals surface area contributed by atoms with Gasteiger partial charge in [-0.25, -0.2) is 0 Å². The topological polar surface area (TPSA) is 21.3 Å². The van der Waals surface area contributed by atoms with Crippen molar-refractivity contribution in [3.63, 3.8) is 0 Å². The summed E-state index contributed by atoms with van der Waals surface area (Å²) < 4.78 is 5.42. The second kappa shape index (κ2) is 7.17. The van der Waals surface area contributed by atoms with E-state index in [1.165, 1.54) is 0 Å². The van der Waals surface area contributed by atoms with Gasteiger partial charge in [-0.1, -0.05) is 43.1 Å². The molecular formula is C17H19Cl2NO. The maximum Gasteiger partial charge on any atom is 0.126 e. The Labute approximate surface area is 136 Å². The first-order valence-electron chi connectivity index (χ1n) is 6.87. The molecule has 0 saturated heterocycles. The van der Waals surface area contributed by atoms with Gasteiger partial charge >= 0.3 is 0 Å². The summed E-state index contributed by atoms with van der Waals surface area (Å²) in [5.74, 6) is 0.796. The molecule has 2 aromatic carbocycles. The third-order valence-electron chi connectivity index (χ3n) is 3.22. The molecular weight excluding hydrogens is 305 g/mol. The maximum atomic E-state index is 6.27. The molecule has 0 aromatic heterocycles. The summed E-state index contributed by atoms with van der Waals surface area (Å²) in [5, 5.41) is 4.82. The molecule has 21 heavy (non-hydrogen) atoms. The normalized spacial score (nSPS) is 11.0. The predicted octanol–water partition coefficient (Wildman–Crippen LogP) is 5.17. The van der Waals surface area contributed by atoms with Crippen molar-refractivity contribution in [2.24, 2.45) is 0 Å². The van der Waals surface area contributed by atoms with Gasteiger partial charge in [-0.3, -0.25) is 0 Å². The molecule has 0 atom stereocenters. The lowest BCUT2D eigenvalue weighted by molar-refractivity contribution is 0.416. The molecule has 2 aromatic rings. The summed E-state index contributed by atoms with van der Waals surface area (Å²) in [7, 11) is 1.66. The van der Waals surface area contributed by atoms with Crippen LogP contribution < -0.4 is 10.1 Å². The fourth-order valence-corrected chi connectivity index (χ4v) is 2.45. The molecule has 1 N–H and O–H groups in total. The third kappa shape index (κ3) is 4.13. The second-order valence-electron chi connectivity index (χ2n) is 5.19. The number of methoxy groups -OCH3 is 1. The van der Waals surface area contributed by atoms with Crippen LogP contribution in [0.5, 0.6) is 5.75 Å². The van der Waals surface area contributed by atoms with Crippen molar-refractivity contribution >= 4 is 23.2 Å². The van der Waals surface area contributed by atoms with Crippen LogP contribution in [0.15, 0.2) is 36.4 Å². The van der Waals surface area contributed by atoms with Crippen molar-refractivity contribution in [2.75, 3.05) is 7.11 Å². The Morgan fingerprint density at radius 3 is 2.52 bits per heavy atom. The van der Waals surface area contributed by atoms with Crippen LogP contribution in [0.1, 0.15) is 19.4 Å². The monoisotopic (exact) mass is 323 g/mol. The van der Waals surface area contributed by atoms with Gasteiger partial charge in [0.05, 0.1) is 7.11 Å². The maximum absolute atomic E-state index is 6.27. The molecule has 112 valence electrons. The van der Waals surface area contributed by atoms with Gasteiger partial charge in [0.15, 0.2) is 0 Å².